The van der Waals surface area contributed by atoms with E-state index in [0.29, 0.717) is 41.0 Å². The number of benzene rings is 2. The summed E-state index contributed by atoms with van der Waals surface area (Å²) in [6.45, 7) is 0.428. The highest BCUT2D eigenvalue weighted by atomic mass is 19.4. The molecule has 0 saturated heterocycles. The van der Waals surface area contributed by atoms with E-state index in [0.717, 1.165) is 12.1 Å². The Morgan fingerprint density at radius 3 is 2.84 bits per heavy atom. The van der Waals surface area contributed by atoms with Gasteiger partial charge in [-0.05, 0) is 42.7 Å². The number of carbonyl (C=O) groups is 2. The lowest BCUT2D eigenvalue weighted by Gasteiger charge is -2.29. The van der Waals surface area contributed by atoms with Gasteiger partial charge in [-0.2, -0.15) is 13.2 Å². The molecule has 0 aliphatic carbocycles. The van der Waals surface area contributed by atoms with Crippen LogP contribution in [0.15, 0.2) is 42.5 Å². The first kappa shape index (κ1) is 20.8. The van der Waals surface area contributed by atoms with Crippen molar-refractivity contribution in [3.63, 3.8) is 0 Å². The van der Waals surface area contributed by atoms with Crippen LogP contribution in [-0.4, -0.2) is 32.0 Å². The van der Waals surface area contributed by atoms with Crippen LogP contribution in [0.4, 0.5) is 30.2 Å². The molecule has 0 atom stereocenters. The van der Waals surface area contributed by atoms with Gasteiger partial charge in [-0.3, -0.25) is 9.59 Å². The number of likely N-dealkylation sites (N-methyl/N-ethyl adjacent to an activating group) is 1. The van der Waals surface area contributed by atoms with Gasteiger partial charge in [-0.25, -0.2) is 0 Å². The first-order valence-corrected chi connectivity index (χ1v) is 9.72. The number of ether oxygens (including phenoxy) is 1. The highest BCUT2D eigenvalue weighted by Crippen LogP contribution is 2.39. The number of amides is 2. The number of nitrogens with one attached hydrogen (secondary N) is 2. The number of nitrogens with zero attached hydrogens (tertiary/aromatic N) is 1. The summed E-state index contributed by atoms with van der Waals surface area (Å²) in [4.78, 5) is 26.2. The van der Waals surface area contributed by atoms with Crippen molar-refractivity contribution in [1.82, 2.24) is 0 Å². The predicted octanol–water partition coefficient (Wildman–Crippen LogP) is 4.29. The standard InChI is InChI=1S/C22H20F3N3O3/c1-28-12-20(30)27-17-6-2-5-16(21(17)28)26-19(29)10-13-4-3-9-31-18-11-14(22(23,24)25)7-8-15(13)18/h2,5-8,10-11H,3-4,9,12H2,1H3,(H,26,29)(H,27,30)/b13-10+. The number of fused-ring (bicyclic) bond motifs is 2. The molecule has 6 nitrogen and oxygen atoms in total. The minimum Gasteiger partial charge on any atom is -0.493 e. The molecule has 0 bridgehead atoms. The Balaban J connectivity index is 1.63. The lowest BCUT2D eigenvalue weighted by Crippen LogP contribution is -2.36. The van der Waals surface area contributed by atoms with Crippen LogP contribution in [0, 0.1) is 0 Å². The van der Waals surface area contributed by atoms with Crippen molar-refractivity contribution < 1.29 is 27.5 Å². The van der Waals surface area contributed by atoms with Gasteiger partial charge in [0.1, 0.15) is 5.75 Å². The number of para-hydroxylation sites is 1. The predicted molar refractivity (Wildman–Crippen MR) is 111 cm³/mol. The third kappa shape index (κ3) is 4.35. The highest BCUT2D eigenvalue weighted by molar-refractivity contribution is 6.10. The Hall–Kier alpha value is -3.49. The Labute approximate surface area is 176 Å². The van der Waals surface area contributed by atoms with Crippen molar-refractivity contribution >= 4 is 34.4 Å². The van der Waals surface area contributed by atoms with E-state index >= 15 is 0 Å². The highest BCUT2D eigenvalue weighted by Gasteiger charge is 2.32. The van der Waals surface area contributed by atoms with Gasteiger partial charge >= 0.3 is 6.18 Å². The van der Waals surface area contributed by atoms with Crippen molar-refractivity contribution in [3.8, 4) is 5.75 Å². The lowest BCUT2D eigenvalue weighted by molar-refractivity contribution is -0.137. The van der Waals surface area contributed by atoms with Crippen LogP contribution in [0.2, 0.25) is 0 Å². The quantitative estimate of drug-likeness (QED) is 0.696. The first-order chi connectivity index (χ1) is 14.7. The molecule has 0 radical (unpaired) electrons. The van der Waals surface area contributed by atoms with E-state index < -0.39 is 17.6 Å². The van der Waals surface area contributed by atoms with Crippen LogP contribution < -0.4 is 20.3 Å². The zero-order valence-electron chi connectivity index (χ0n) is 16.7. The number of allylic oxidation sites excluding steroid dienone is 1. The van der Waals surface area contributed by atoms with Gasteiger partial charge in [-0.15, -0.1) is 0 Å². The van der Waals surface area contributed by atoms with Gasteiger partial charge in [0.2, 0.25) is 11.8 Å². The maximum absolute atomic E-state index is 13.0. The molecule has 0 spiro atoms. The Kier molecular flexibility index (Phi) is 5.34. The van der Waals surface area contributed by atoms with Crippen LogP contribution in [0.3, 0.4) is 0 Å². The van der Waals surface area contributed by atoms with Crippen molar-refractivity contribution in [2.45, 2.75) is 19.0 Å². The second-order valence-electron chi connectivity index (χ2n) is 7.43. The zero-order valence-corrected chi connectivity index (χ0v) is 16.7. The molecule has 2 aromatic rings. The third-order valence-corrected chi connectivity index (χ3v) is 5.14. The normalized spacial score (nSPS) is 17.2. The Morgan fingerprint density at radius 1 is 1.26 bits per heavy atom. The van der Waals surface area contributed by atoms with E-state index in [4.69, 9.17) is 4.74 Å². The van der Waals surface area contributed by atoms with E-state index in [9.17, 15) is 22.8 Å². The molecule has 2 amide bonds. The molecule has 2 aliphatic rings. The van der Waals surface area contributed by atoms with Gasteiger partial charge in [0.15, 0.2) is 0 Å². The molecule has 2 aliphatic heterocycles. The molecule has 0 unspecified atom stereocenters. The first-order valence-electron chi connectivity index (χ1n) is 9.72. The number of hydrogen-bond donors (Lipinski definition) is 2. The van der Waals surface area contributed by atoms with Crippen molar-refractivity contribution in [3.05, 3.63) is 53.6 Å². The molecule has 4 rings (SSSR count). The fourth-order valence-corrected chi connectivity index (χ4v) is 3.78. The number of halogens is 3. The summed E-state index contributed by atoms with van der Waals surface area (Å²) in [5.41, 5.74) is 2.09. The maximum Gasteiger partial charge on any atom is 0.416 e. The molecule has 0 fully saturated rings. The van der Waals surface area contributed by atoms with Crippen LogP contribution in [0.25, 0.3) is 5.57 Å². The summed E-state index contributed by atoms with van der Waals surface area (Å²) in [7, 11) is 1.75. The molecule has 2 heterocycles. The molecule has 31 heavy (non-hydrogen) atoms. The van der Waals surface area contributed by atoms with Crippen molar-refractivity contribution in [2.24, 2.45) is 0 Å². The summed E-state index contributed by atoms with van der Waals surface area (Å²) in [5, 5.41) is 5.59. The summed E-state index contributed by atoms with van der Waals surface area (Å²) >= 11 is 0. The molecular weight excluding hydrogens is 411 g/mol. The van der Waals surface area contributed by atoms with Crippen LogP contribution >= 0.6 is 0 Å². The second-order valence-corrected chi connectivity index (χ2v) is 7.43. The van der Waals surface area contributed by atoms with E-state index in [2.05, 4.69) is 10.6 Å². The molecule has 2 aromatic carbocycles. The maximum atomic E-state index is 13.0. The summed E-state index contributed by atoms with van der Waals surface area (Å²) in [6.07, 6.45) is -2.01. The molecule has 0 aromatic heterocycles. The van der Waals surface area contributed by atoms with Gasteiger partial charge in [0, 0.05) is 18.7 Å². The number of anilines is 3. The van der Waals surface area contributed by atoms with Gasteiger partial charge in [0.25, 0.3) is 0 Å². The minimum atomic E-state index is -4.47. The molecule has 162 valence electrons. The SMILES string of the molecule is CN1CC(=O)Nc2cccc(NC(=O)/C=C3\CCCOc4cc(C(F)(F)F)ccc43)c21. The number of hydrogen-bond acceptors (Lipinski definition) is 4. The second kappa shape index (κ2) is 7.98. The fourth-order valence-electron chi connectivity index (χ4n) is 3.78. The zero-order chi connectivity index (χ0) is 22.2. The summed E-state index contributed by atoms with van der Waals surface area (Å²) < 4.78 is 44.6. The van der Waals surface area contributed by atoms with E-state index in [1.807, 2.05) is 0 Å². The van der Waals surface area contributed by atoms with Crippen LogP contribution in [-0.2, 0) is 15.8 Å². The van der Waals surface area contributed by atoms with Crippen LogP contribution in [0.1, 0.15) is 24.0 Å². The van der Waals surface area contributed by atoms with Gasteiger partial charge < -0.3 is 20.3 Å². The largest absolute Gasteiger partial charge is 0.493 e. The number of carbonyl (C=O) groups excluding carboxylic acids is 2. The van der Waals surface area contributed by atoms with Gasteiger partial charge in [0.05, 0.1) is 35.8 Å². The fraction of sp³-hybridized carbons (Fsp3) is 0.273. The topological polar surface area (TPSA) is 70.7 Å². The summed E-state index contributed by atoms with van der Waals surface area (Å²) in [6, 6.07) is 8.49. The van der Waals surface area contributed by atoms with E-state index in [1.165, 1.54) is 12.1 Å². The summed E-state index contributed by atoms with van der Waals surface area (Å²) in [5.74, 6) is -0.443. The molecule has 2 N–H and O–H groups in total. The number of rotatable bonds is 2. The molecule has 0 saturated carbocycles. The monoisotopic (exact) mass is 431 g/mol. The average Bonchev–Trinajstić information content (AvgIpc) is 2.88. The number of alkyl halides is 3. The lowest BCUT2D eigenvalue weighted by atomic mass is 9.99. The average molecular weight is 431 g/mol. The van der Waals surface area contributed by atoms with Crippen molar-refractivity contribution in [2.75, 3.05) is 35.7 Å². The van der Waals surface area contributed by atoms with E-state index in [-0.39, 0.29) is 24.8 Å². The minimum absolute atomic E-state index is 0.117. The smallest absolute Gasteiger partial charge is 0.416 e. The molecule has 9 heteroatoms. The van der Waals surface area contributed by atoms with Crippen LogP contribution in [0.5, 0.6) is 5.75 Å². The van der Waals surface area contributed by atoms with E-state index in [1.54, 1.807) is 30.1 Å². The van der Waals surface area contributed by atoms with Crippen molar-refractivity contribution in [1.29, 1.82) is 0 Å². The Bertz CT molecular complexity index is 1080. The third-order valence-electron chi connectivity index (χ3n) is 5.14. The Morgan fingerprint density at radius 2 is 2.06 bits per heavy atom. The molecular formula is C22H20F3N3O3. The van der Waals surface area contributed by atoms with Gasteiger partial charge in [-0.1, -0.05) is 12.1 Å².